The van der Waals surface area contributed by atoms with Gasteiger partial charge in [0.2, 0.25) is 0 Å². The van der Waals surface area contributed by atoms with Crippen molar-refractivity contribution in [1.82, 2.24) is 29.4 Å². The molecule has 0 radical (unpaired) electrons. The van der Waals surface area contributed by atoms with Crippen molar-refractivity contribution >= 4 is 44.8 Å². The first-order valence-corrected chi connectivity index (χ1v) is 9.46. The molecule has 0 saturated heterocycles. The van der Waals surface area contributed by atoms with Crippen LogP contribution in [0.25, 0.3) is 15.9 Å². The summed E-state index contributed by atoms with van der Waals surface area (Å²) in [6.07, 6.45) is 1.60. The molecule has 0 spiro atoms. The molecule has 0 fully saturated rings. The highest BCUT2D eigenvalue weighted by atomic mass is 35.5. The Hall–Kier alpha value is -2.52. The van der Waals surface area contributed by atoms with E-state index in [1.54, 1.807) is 10.8 Å². The standard InChI is InChI=1S/C17H17ClN6O2S/c1-7-11-15-20-14(10(4)24-9(3)12(18)8(2)21-24)22-23(15)6-19-16(11)27-13(7)17(25)26-5/h6,10H,1-5H3/t10-/m1/s1. The van der Waals surface area contributed by atoms with Crippen LogP contribution in [-0.2, 0) is 4.74 Å². The fourth-order valence-corrected chi connectivity index (χ4v) is 4.33. The van der Waals surface area contributed by atoms with Gasteiger partial charge in [0.15, 0.2) is 11.5 Å². The van der Waals surface area contributed by atoms with Gasteiger partial charge in [0, 0.05) is 0 Å². The Balaban J connectivity index is 1.89. The van der Waals surface area contributed by atoms with Crippen LogP contribution in [0.1, 0.15) is 45.4 Å². The van der Waals surface area contributed by atoms with Gasteiger partial charge in [0.1, 0.15) is 22.1 Å². The molecule has 27 heavy (non-hydrogen) atoms. The Bertz CT molecular complexity index is 1210. The van der Waals surface area contributed by atoms with Crippen molar-refractivity contribution in [2.75, 3.05) is 7.11 Å². The molecular formula is C17H17ClN6O2S. The van der Waals surface area contributed by atoms with E-state index >= 15 is 0 Å². The number of esters is 1. The number of nitrogens with zero attached hydrogens (tertiary/aromatic N) is 6. The van der Waals surface area contributed by atoms with Crippen LogP contribution in [0.15, 0.2) is 6.33 Å². The maximum absolute atomic E-state index is 12.0. The van der Waals surface area contributed by atoms with Crippen molar-refractivity contribution in [1.29, 1.82) is 0 Å². The van der Waals surface area contributed by atoms with Crippen LogP contribution in [0, 0.1) is 20.8 Å². The Morgan fingerprint density at radius 3 is 2.67 bits per heavy atom. The number of halogens is 1. The molecule has 0 bridgehead atoms. The average molecular weight is 405 g/mol. The lowest BCUT2D eigenvalue weighted by molar-refractivity contribution is 0.0605. The molecule has 0 unspecified atom stereocenters. The summed E-state index contributed by atoms with van der Waals surface area (Å²) >= 11 is 7.56. The van der Waals surface area contributed by atoms with Gasteiger partial charge in [-0.2, -0.15) is 5.10 Å². The van der Waals surface area contributed by atoms with Gasteiger partial charge in [0.25, 0.3) is 0 Å². The molecule has 0 amide bonds. The number of thiophene rings is 1. The molecule has 4 aromatic rings. The first-order chi connectivity index (χ1) is 12.8. The lowest BCUT2D eigenvalue weighted by Crippen LogP contribution is -2.12. The second-order valence-electron chi connectivity index (χ2n) is 6.32. The molecular weight excluding hydrogens is 388 g/mol. The molecule has 0 aliphatic rings. The largest absolute Gasteiger partial charge is 0.465 e. The van der Waals surface area contributed by atoms with E-state index < -0.39 is 0 Å². The summed E-state index contributed by atoms with van der Waals surface area (Å²) in [6, 6.07) is -0.204. The minimum atomic E-state index is -0.376. The van der Waals surface area contributed by atoms with E-state index in [0.29, 0.717) is 21.4 Å². The second-order valence-corrected chi connectivity index (χ2v) is 7.69. The lowest BCUT2D eigenvalue weighted by Gasteiger charge is -2.10. The highest BCUT2D eigenvalue weighted by molar-refractivity contribution is 7.20. The molecule has 0 aliphatic carbocycles. The average Bonchev–Trinajstić information content (AvgIpc) is 3.31. The zero-order valence-corrected chi connectivity index (χ0v) is 17.0. The van der Waals surface area contributed by atoms with Crippen LogP contribution in [0.4, 0.5) is 0 Å². The summed E-state index contributed by atoms with van der Waals surface area (Å²) in [6.45, 7) is 7.62. The van der Waals surface area contributed by atoms with E-state index in [-0.39, 0.29) is 12.0 Å². The van der Waals surface area contributed by atoms with Crippen LogP contribution < -0.4 is 0 Å². The quantitative estimate of drug-likeness (QED) is 0.485. The summed E-state index contributed by atoms with van der Waals surface area (Å²) in [5.74, 6) is 0.218. The predicted molar refractivity (Wildman–Crippen MR) is 103 cm³/mol. The van der Waals surface area contributed by atoms with Crippen molar-refractivity contribution in [3.8, 4) is 0 Å². The third-order valence-corrected chi connectivity index (χ3v) is 6.36. The summed E-state index contributed by atoms with van der Waals surface area (Å²) in [4.78, 5) is 22.4. The van der Waals surface area contributed by atoms with E-state index in [2.05, 4.69) is 15.2 Å². The Morgan fingerprint density at radius 1 is 1.30 bits per heavy atom. The number of hydrogen-bond donors (Lipinski definition) is 0. The van der Waals surface area contributed by atoms with E-state index in [1.807, 2.05) is 32.4 Å². The molecule has 140 valence electrons. The number of carbonyl (C=O) groups excluding carboxylic acids is 1. The normalized spacial score (nSPS) is 12.8. The third kappa shape index (κ3) is 2.61. The molecule has 0 N–H and O–H groups in total. The number of hydrogen-bond acceptors (Lipinski definition) is 7. The molecule has 4 aromatic heterocycles. The van der Waals surface area contributed by atoms with Gasteiger partial charge >= 0.3 is 5.97 Å². The van der Waals surface area contributed by atoms with Crippen LogP contribution in [0.5, 0.6) is 0 Å². The summed E-state index contributed by atoms with van der Waals surface area (Å²) < 4.78 is 8.31. The van der Waals surface area contributed by atoms with Crippen LogP contribution >= 0.6 is 22.9 Å². The molecule has 1 atom stereocenters. The van der Waals surface area contributed by atoms with Crippen molar-refractivity contribution in [2.24, 2.45) is 0 Å². The first-order valence-electron chi connectivity index (χ1n) is 8.27. The topological polar surface area (TPSA) is 87.2 Å². The van der Waals surface area contributed by atoms with Crippen LogP contribution in [0.2, 0.25) is 5.02 Å². The van der Waals surface area contributed by atoms with Gasteiger partial charge in [-0.3, -0.25) is 4.68 Å². The first kappa shape index (κ1) is 17.9. The fourth-order valence-electron chi connectivity index (χ4n) is 3.14. The molecule has 4 rings (SSSR count). The smallest absolute Gasteiger partial charge is 0.348 e. The molecule has 4 heterocycles. The van der Waals surface area contributed by atoms with Crippen molar-refractivity contribution in [2.45, 2.75) is 33.7 Å². The van der Waals surface area contributed by atoms with Crippen molar-refractivity contribution < 1.29 is 9.53 Å². The van der Waals surface area contributed by atoms with Gasteiger partial charge in [0.05, 0.1) is 28.9 Å². The molecule has 0 saturated carbocycles. The zero-order valence-electron chi connectivity index (χ0n) is 15.4. The summed E-state index contributed by atoms with van der Waals surface area (Å²) in [5.41, 5.74) is 3.08. The maximum atomic E-state index is 12.0. The number of rotatable bonds is 3. The number of ether oxygens (including phenoxy) is 1. The van der Waals surface area contributed by atoms with E-state index in [0.717, 1.165) is 27.2 Å². The highest BCUT2D eigenvalue weighted by Gasteiger charge is 2.23. The van der Waals surface area contributed by atoms with Crippen LogP contribution in [-0.4, -0.2) is 42.4 Å². The number of methoxy groups -OCH3 is 1. The second kappa shape index (κ2) is 6.28. The minimum absolute atomic E-state index is 0.204. The SMILES string of the molecule is COC(=O)c1sc2ncn3nc([C@@H](C)n4nc(C)c(Cl)c4C)nc3c2c1C. The maximum Gasteiger partial charge on any atom is 0.348 e. The Labute approximate surface area is 163 Å². The van der Waals surface area contributed by atoms with E-state index in [1.165, 1.54) is 18.4 Å². The van der Waals surface area contributed by atoms with Gasteiger partial charge in [-0.1, -0.05) is 11.6 Å². The fraction of sp³-hybridized carbons (Fsp3) is 0.353. The van der Waals surface area contributed by atoms with Gasteiger partial charge < -0.3 is 4.74 Å². The van der Waals surface area contributed by atoms with Gasteiger partial charge in [-0.05, 0) is 33.3 Å². The van der Waals surface area contributed by atoms with E-state index in [9.17, 15) is 4.79 Å². The van der Waals surface area contributed by atoms with Crippen molar-refractivity contribution in [3.63, 3.8) is 0 Å². The summed E-state index contributed by atoms with van der Waals surface area (Å²) in [5, 5.41) is 10.5. The molecule has 8 nitrogen and oxygen atoms in total. The zero-order chi connectivity index (χ0) is 19.5. The number of fused-ring (bicyclic) bond motifs is 3. The molecule has 0 aromatic carbocycles. The Kier molecular flexibility index (Phi) is 4.15. The minimum Gasteiger partial charge on any atom is -0.465 e. The summed E-state index contributed by atoms with van der Waals surface area (Å²) in [7, 11) is 1.37. The molecule has 10 heteroatoms. The third-order valence-electron chi connectivity index (χ3n) is 4.63. The number of aryl methyl sites for hydroxylation is 2. The van der Waals surface area contributed by atoms with Gasteiger partial charge in [-0.15, -0.1) is 16.4 Å². The highest BCUT2D eigenvalue weighted by Crippen LogP contribution is 2.33. The number of aromatic nitrogens is 6. The monoisotopic (exact) mass is 404 g/mol. The number of carbonyl (C=O) groups is 1. The van der Waals surface area contributed by atoms with Crippen molar-refractivity contribution in [3.05, 3.63) is 39.0 Å². The predicted octanol–water partition coefficient (Wildman–Crippen LogP) is 3.51. The van der Waals surface area contributed by atoms with Crippen LogP contribution in [0.3, 0.4) is 0 Å². The van der Waals surface area contributed by atoms with Gasteiger partial charge in [-0.25, -0.2) is 19.3 Å². The Morgan fingerprint density at radius 2 is 2.04 bits per heavy atom. The lowest BCUT2D eigenvalue weighted by atomic mass is 10.2. The molecule has 0 aliphatic heterocycles. The van der Waals surface area contributed by atoms with E-state index in [4.69, 9.17) is 21.3 Å².